The zero-order chi connectivity index (χ0) is 31.4. The first-order valence-electron chi connectivity index (χ1n) is 14.3. The number of benzene rings is 3. The lowest BCUT2D eigenvalue weighted by molar-refractivity contribution is -0.122. The minimum absolute atomic E-state index is 0.00105. The standard InChI is InChI=1S/C34H42ClNO6/c1-9-26(42-27-17-14-22(33(5,6)10-2)18-24(27)34(7,8)11-3)31(38)36-25-19-28(20(4)29(35)30(25)37)41-23-15-12-21(13-16-23)32(39)40/h12-19,26,37H,9-11H2,1-8H3,(H,36,38)(H,39,40). The van der Waals surface area contributed by atoms with E-state index in [9.17, 15) is 14.7 Å². The second-order valence-corrected chi connectivity index (χ2v) is 12.2. The molecule has 8 heteroatoms. The lowest BCUT2D eigenvalue weighted by atomic mass is 9.76. The van der Waals surface area contributed by atoms with Gasteiger partial charge in [0, 0.05) is 17.2 Å². The fraction of sp³-hybridized carbons (Fsp3) is 0.412. The van der Waals surface area contributed by atoms with Crippen LogP contribution >= 0.6 is 11.6 Å². The zero-order valence-electron chi connectivity index (χ0n) is 25.7. The van der Waals surface area contributed by atoms with Crippen LogP contribution in [0.25, 0.3) is 0 Å². The maximum absolute atomic E-state index is 13.5. The molecule has 0 radical (unpaired) electrons. The number of carboxylic acids is 1. The second-order valence-electron chi connectivity index (χ2n) is 11.8. The Labute approximate surface area is 253 Å². The van der Waals surface area contributed by atoms with E-state index in [-0.39, 0.29) is 32.9 Å². The molecule has 0 aromatic heterocycles. The molecule has 0 bridgehead atoms. The summed E-state index contributed by atoms with van der Waals surface area (Å²) in [4.78, 5) is 24.6. The molecule has 7 nitrogen and oxygen atoms in total. The minimum Gasteiger partial charge on any atom is -0.504 e. The van der Waals surface area contributed by atoms with E-state index in [1.165, 1.54) is 35.9 Å². The normalized spacial score (nSPS) is 12.5. The Balaban J connectivity index is 1.91. The van der Waals surface area contributed by atoms with Crippen molar-refractivity contribution in [2.75, 3.05) is 5.32 Å². The highest BCUT2D eigenvalue weighted by Gasteiger charge is 2.29. The monoisotopic (exact) mass is 595 g/mol. The molecule has 3 rings (SSSR count). The minimum atomic E-state index is -1.05. The molecular formula is C34H42ClNO6. The molecule has 0 aliphatic heterocycles. The molecule has 226 valence electrons. The van der Waals surface area contributed by atoms with Crippen LogP contribution < -0.4 is 14.8 Å². The van der Waals surface area contributed by atoms with Gasteiger partial charge in [0.05, 0.1) is 16.3 Å². The Bertz CT molecular complexity index is 1450. The molecule has 0 aliphatic carbocycles. The molecule has 0 spiro atoms. The molecule has 42 heavy (non-hydrogen) atoms. The molecular weight excluding hydrogens is 554 g/mol. The van der Waals surface area contributed by atoms with Crippen LogP contribution in [0.4, 0.5) is 5.69 Å². The van der Waals surface area contributed by atoms with Crippen molar-refractivity contribution in [1.82, 2.24) is 0 Å². The van der Waals surface area contributed by atoms with Crippen molar-refractivity contribution in [2.45, 2.75) is 91.6 Å². The van der Waals surface area contributed by atoms with Crippen molar-refractivity contribution in [1.29, 1.82) is 0 Å². The highest BCUT2D eigenvalue weighted by molar-refractivity contribution is 6.33. The fourth-order valence-electron chi connectivity index (χ4n) is 4.37. The van der Waals surface area contributed by atoms with Gasteiger partial charge < -0.3 is 25.0 Å². The molecule has 1 unspecified atom stereocenters. The van der Waals surface area contributed by atoms with Gasteiger partial charge in [-0.25, -0.2) is 4.79 Å². The van der Waals surface area contributed by atoms with E-state index in [0.29, 0.717) is 29.2 Å². The number of hydrogen-bond acceptors (Lipinski definition) is 5. The summed E-state index contributed by atoms with van der Waals surface area (Å²) >= 11 is 6.41. The van der Waals surface area contributed by atoms with Crippen molar-refractivity contribution < 1.29 is 29.3 Å². The van der Waals surface area contributed by atoms with Gasteiger partial charge in [-0.15, -0.1) is 0 Å². The summed E-state index contributed by atoms with van der Waals surface area (Å²) in [6, 6.07) is 13.6. The maximum Gasteiger partial charge on any atom is 0.335 e. The van der Waals surface area contributed by atoms with Crippen LogP contribution in [0.5, 0.6) is 23.0 Å². The first-order valence-corrected chi connectivity index (χ1v) is 14.7. The molecule has 3 aromatic carbocycles. The van der Waals surface area contributed by atoms with E-state index in [2.05, 4.69) is 59.0 Å². The Morgan fingerprint density at radius 1 is 0.929 bits per heavy atom. The lowest BCUT2D eigenvalue weighted by Crippen LogP contribution is -2.33. The Hall–Kier alpha value is -3.71. The number of halogens is 1. The van der Waals surface area contributed by atoms with Crippen molar-refractivity contribution >= 4 is 29.2 Å². The number of carbonyl (C=O) groups excluding carboxylic acids is 1. The molecule has 0 saturated heterocycles. The van der Waals surface area contributed by atoms with E-state index in [0.717, 1.165) is 18.4 Å². The van der Waals surface area contributed by atoms with Crippen LogP contribution in [0, 0.1) is 6.92 Å². The van der Waals surface area contributed by atoms with Gasteiger partial charge in [0.2, 0.25) is 0 Å². The number of aromatic hydroxyl groups is 1. The van der Waals surface area contributed by atoms with Crippen molar-refractivity contribution in [3.63, 3.8) is 0 Å². The number of anilines is 1. The van der Waals surface area contributed by atoms with Gasteiger partial charge in [-0.1, -0.05) is 72.2 Å². The highest BCUT2D eigenvalue weighted by atomic mass is 35.5. The van der Waals surface area contributed by atoms with Crippen LogP contribution in [0.2, 0.25) is 5.02 Å². The van der Waals surface area contributed by atoms with Crippen molar-refractivity contribution in [3.8, 4) is 23.0 Å². The molecule has 0 saturated carbocycles. The summed E-state index contributed by atoms with van der Waals surface area (Å²) in [5.41, 5.74) is 2.73. The van der Waals surface area contributed by atoms with Crippen molar-refractivity contribution in [3.05, 3.63) is 75.8 Å². The number of aromatic carboxylic acids is 1. The smallest absolute Gasteiger partial charge is 0.335 e. The summed E-state index contributed by atoms with van der Waals surface area (Å²) in [6.45, 7) is 16.6. The molecule has 0 aliphatic rings. The molecule has 0 fully saturated rings. The van der Waals surface area contributed by atoms with Crippen LogP contribution in [0.1, 0.15) is 94.8 Å². The number of hydrogen-bond donors (Lipinski definition) is 3. The summed E-state index contributed by atoms with van der Waals surface area (Å²) in [7, 11) is 0. The number of amides is 1. The van der Waals surface area contributed by atoms with Gasteiger partial charge in [0.25, 0.3) is 5.91 Å². The third-order valence-electron chi connectivity index (χ3n) is 8.21. The summed E-state index contributed by atoms with van der Waals surface area (Å²) < 4.78 is 12.3. The van der Waals surface area contributed by atoms with Gasteiger partial charge in [0.15, 0.2) is 11.9 Å². The predicted octanol–water partition coefficient (Wildman–Crippen LogP) is 9.02. The topological polar surface area (TPSA) is 105 Å². The van der Waals surface area contributed by atoms with E-state index < -0.39 is 18.0 Å². The molecule has 1 amide bonds. The number of rotatable bonds is 12. The van der Waals surface area contributed by atoms with Crippen LogP contribution in [0.3, 0.4) is 0 Å². The number of ether oxygens (including phenoxy) is 2. The first kappa shape index (κ1) is 32.8. The summed E-state index contributed by atoms with van der Waals surface area (Å²) in [5, 5.41) is 22.7. The Morgan fingerprint density at radius 3 is 2.10 bits per heavy atom. The quantitative estimate of drug-likeness (QED) is 0.180. The largest absolute Gasteiger partial charge is 0.504 e. The highest BCUT2D eigenvalue weighted by Crippen LogP contribution is 2.42. The number of carbonyl (C=O) groups is 2. The average molecular weight is 596 g/mol. The SMILES string of the molecule is CCC(Oc1ccc(C(C)(C)CC)cc1C(C)(C)CC)C(=O)Nc1cc(Oc2ccc(C(=O)O)cc2)c(C)c(Cl)c1O. The third kappa shape index (κ3) is 7.19. The number of phenols is 1. The fourth-order valence-corrected chi connectivity index (χ4v) is 4.57. The Kier molecular flexibility index (Phi) is 10.2. The van der Waals surface area contributed by atoms with Crippen LogP contribution in [0.15, 0.2) is 48.5 Å². The molecule has 3 N–H and O–H groups in total. The van der Waals surface area contributed by atoms with E-state index in [4.69, 9.17) is 26.2 Å². The van der Waals surface area contributed by atoms with E-state index in [1.807, 2.05) is 13.0 Å². The van der Waals surface area contributed by atoms with E-state index in [1.54, 1.807) is 6.92 Å². The number of nitrogens with one attached hydrogen (secondary N) is 1. The second kappa shape index (κ2) is 13.1. The lowest BCUT2D eigenvalue weighted by Gasteiger charge is -2.31. The van der Waals surface area contributed by atoms with Gasteiger partial charge in [-0.2, -0.15) is 0 Å². The molecule has 0 heterocycles. The maximum atomic E-state index is 13.5. The van der Waals surface area contributed by atoms with Gasteiger partial charge in [0.1, 0.15) is 17.2 Å². The van der Waals surface area contributed by atoms with E-state index >= 15 is 0 Å². The molecule has 1 atom stereocenters. The first-order chi connectivity index (χ1) is 19.6. The molecule has 3 aromatic rings. The third-order valence-corrected chi connectivity index (χ3v) is 8.68. The Morgan fingerprint density at radius 2 is 1.55 bits per heavy atom. The van der Waals surface area contributed by atoms with Gasteiger partial charge in [-0.3, -0.25) is 4.79 Å². The van der Waals surface area contributed by atoms with Crippen LogP contribution in [-0.4, -0.2) is 28.2 Å². The average Bonchev–Trinajstić information content (AvgIpc) is 2.97. The summed E-state index contributed by atoms with van der Waals surface area (Å²) in [5.74, 6) is -0.453. The van der Waals surface area contributed by atoms with Crippen molar-refractivity contribution in [2.24, 2.45) is 0 Å². The van der Waals surface area contributed by atoms with Crippen LogP contribution in [-0.2, 0) is 15.6 Å². The van der Waals surface area contributed by atoms with Gasteiger partial charge in [-0.05, 0) is 72.9 Å². The number of phenolic OH excluding ortho intramolecular Hbond substituents is 1. The zero-order valence-corrected chi connectivity index (χ0v) is 26.5. The van der Waals surface area contributed by atoms with Gasteiger partial charge >= 0.3 is 5.97 Å². The number of carboxylic acid groups (broad SMARTS) is 1. The summed E-state index contributed by atoms with van der Waals surface area (Å²) in [6.07, 6.45) is 1.43. The predicted molar refractivity (Wildman–Crippen MR) is 168 cm³/mol.